The van der Waals surface area contributed by atoms with E-state index >= 15 is 0 Å². The van der Waals surface area contributed by atoms with Crippen molar-refractivity contribution in [2.75, 3.05) is 5.73 Å². The molecular weight excluding hydrogens is 250 g/mol. The molecule has 3 rings (SSSR count). The van der Waals surface area contributed by atoms with Crippen molar-refractivity contribution in [1.82, 2.24) is 10.2 Å². The summed E-state index contributed by atoms with van der Waals surface area (Å²) in [6.45, 7) is 0. The minimum absolute atomic E-state index is 0.112. The van der Waals surface area contributed by atoms with Gasteiger partial charge in [-0.15, -0.1) is 0 Å². The summed E-state index contributed by atoms with van der Waals surface area (Å²) in [5.74, 6) is 0.513. The van der Waals surface area contributed by atoms with Crippen molar-refractivity contribution < 1.29 is 5.11 Å². The predicted molar refractivity (Wildman–Crippen MR) is 71.8 cm³/mol. The van der Waals surface area contributed by atoms with Crippen LogP contribution < -0.4 is 5.73 Å². The van der Waals surface area contributed by atoms with Crippen molar-refractivity contribution in [3.8, 4) is 17.0 Å². The number of benzene rings is 1. The molecule has 18 heavy (non-hydrogen) atoms. The van der Waals surface area contributed by atoms with E-state index in [0.717, 1.165) is 24.8 Å². The summed E-state index contributed by atoms with van der Waals surface area (Å²) in [7, 11) is 0. The average molecular weight is 264 g/mol. The van der Waals surface area contributed by atoms with Crippen molar-refractivity contribution >= 4 is 17.4 Å². The van der Waals surface area contributed by atoms with Gasteiger partial charge in [-0.25, -0.2) is 0 Å². The number of phenolic OH excluding ortho intramolecular Hbond substituents is 1. The minimum atomic E-state index is 0.112. The van der Waals surface area contributed by atoms with E-state index in [2.05, 4.69) is 10.2 Å². The second kappa shape index (κ2) is 4.21. The molecule has 94 valence electrons. The van der Waals surface area contributed by atoms with Gasteiger partial charge in [0.25, 0.3) is 0 Å². The summed E-state index contributed by atoms with van der Waals surface area (Å²) in [6.07, 6.45) is 4.24. The number of rotatable bonds is 1. The van der Waals surface area contributed by atoms with Gasteiger partial charge >= 0.3 is 0 Å². The molecule has 2 aromatic rings. The molecule has 1 heterocycles. The van der Waals surface area contributed by atoms with Gasteiger partial charge in [-0.05, 0) is 42.9 Å². The third kappa shape index (κ3) is 1.73. The first kappa shape index (κ1) is 11.4. The fourth-order valence-corrected chi connectivity index (χ4v) is 2.84. The molecule has 0 bridgehead atoms. The van der Waals surface area contributed by atoms with Crippen LogP contribution in [0, 0.1) is 0 Å². The Morgan fingerprint density at radius 2 is 2.06 bits per heavy atom. The fraction of sp³-hybridized carbons (Fsp3) is 0.308. The van der Waals surface area contributed by atoms with Crippen LogP contribution in [0.3, 0.4) is 0 Å². The lowest BCUT2D eigenvalue weighted by Crippen LogP contribution is -2.04. The second-order valence-corrected chi connectivity index (χ2v) is 5.02. The number of halogens is 1. The molecule has 4 N–H and O–H groups in total. The molecule has 0 spiro atoms. The zero-order chi connectivity index (χ0) is 12.7. The minimum Gasteiger partial charge on any atom is -0.506 e. The second-order valence-electron chi connectivity index (χ2n) is 4.64. The van der Waals surface area contributed by atoms with E-state index < -0.39 is 0 Å². The first-order valence-corrected chi connectivity index (χ1v) is 6.39. The number of aromatic amines is 1. The monoisotopic (exact) mass is 263 g/mol. The van der Waals surface area contributed by atoms with Crippen LogP contribution in [0.4, 0.5) is 5.82 Å². The van der Waals surface area contributed by atoms with E-state index in [1.54, 1.807) is 6.07 Å². The van der Waals surface area contributed by atoms with Crippen molar-refractivity contribution in [1.29, 1.82) is 0 Å². The van der Waals surface area contributed by atoms with Gasteiger partial charge in [0.2, 0.25) is 0 Å². The lowest BCUT2D eigenvalue weighted by Gasteiger charge is -2.19. The first-order valence-electron chi connectivity index (χ1n) is 6.01. The highest BCUT2D eigenvalue weighted by Gasteiger charge is 2.20. The predicted octanol–water partition coefficient (Wildman–Crippen LogP) is 2.90. The van der Waals surface area contributed by atoms with Gasteiger partial charge in [-0.3, -0.25) is 5.10 Å². The number of fused-ring (bicyclic) bond motifs is 1. The molecule has 0 atom stereocenters. The van der Waals surface area contributed by atoms with E-state index in [-0.39, 0.29) is 5.75 Å². The number of nitrogens with one attached hydrogen (secondary N) is 1. The Kier molecular flexibility index (Phi) is 2.67. The van der Waals surface area contributed by atoms with Gasteiger partial charge in [0.05, 0.1) is 10.7 Å². The number of phenols is 1. The smallest absolute Gasteiger partial charge is 0.145 e. The highest BCUT2D eigenvalue weighted by molar-refractivity contribution is 6.33. The van der Waals surface area contributed by atoms with E-state index in [0.29, 0.717) is 22.1 Å². The van der Waals surface area contributed by atoms with Crippen LogP contribution in [0.1, 0.15) is 24.0 Å². The van der Waals surface area contributed by atoms with Crippen LogP contribution in [0.25, 0.3) is 11.3 Å². The van der Waals surface area contributed by atoms with Crippen molar-refractivity contribution in [2.45, 2.75) is 25.7 Å². The molecule has 0 unspecified atom stereocenters. The number of nitrogens with two attached hydrogens (primary N) is 1. The van der Waals surface area contributed by atoms with Crippen LogP contribution in [0.2, 0.25) is 5.02 Å². The molecule has 5 heteroatoms. The first-order chi connectivity index (χ1) is 8.66. The average Bonchev–Trinajstić information content (AvgIpc) is 2.80. The molecule has 0 aliphatic heterocycles. The number of hydrogen-bond acceptors (Lipinski definition) is 3. The Hall–Kier alpha value is -1.68. The normalized spacial score (nSPS) is 14.5. The van der Waals surface area contributed by atoms with E-state index in [1.165, 1.54) is 12.0 Å². The summed E-state index contributed by atoms with van der Waals surface area (Å²) < 4.78 is 0. The highest BCUT2D eigenvalue weighted by atomic mass is 35.5. The van der Waals surface area contributed by atoms with Gasteiger partial charge in [0.1, 0.15) is 11.6 Å². The molecule has 4 nitrogen and oxygen atoms in total. The lowest BCUT2D eigenvalue weighted by atomic mass is 9.89. The number of nitrogens with zero attached hydrogens (tertiary/aromatic N) is 1. The van der Waals surface area contributed by atoms with Gasteiger partial charge in [0, 0.05) is 11.6 Å². The van der Waals surface area contributed by atoms with Crippen LogP contribution in [-0.4, -0.2) is 15.3 Å². The number of aromatic nitrogens is 2. The zero-order valence-electron chi connectivity index (χ0n) is 9.83. The van der Waals surface area contributed by atoms with Gasteiger partial charge < -0.3 is 10.8 Å². The molecule has 1 aromatic carbocycles. The Balaban J connectivity index is 2.18. The van der Waals surface area contributed by atoms with Crippen LogP contribution in [0.15, 0.2) is 12.1 Å². The molecule has 0 fully saturated rings. The van der Waals surface area contributed by atoms with Crippen molar-refractivity contribution in [2.24, 2.45) is 0 Å². The largest absolute Gasteiger partial charge is 0.506 e. The number of H-pyrrole nitrogens is 1. The molecule has 0 saturated carbocycles. The highest BCUT2D eigenvalue weighted by Crippen LogP contribution is 2.41. The SMILES string of the molecule is Nc1cc(-c2cc3c(c(Cl)c2O)CCCC3)[nH]n1. The number of aryl methyl sites for hydroxylation is 1. The Labute approximate surface area is 110 Å². The lowest BCUT2D eigenvalue weighted by molar-refractivity contribution is 0.475. The number of nitrogen functional groups attached to an aromatic ring is 1. The zero-order valence-corrected chi connectivity index (χ0v) is 10.6. The Morgan fingerprint density at radius 3 is 2.78 bits per heavy atom. The summed E-state index contributed by atoms with van der Waals surface area (Å²) in [5.41, 5.74) is 9.25. The van der Waals surface area contributed by atoms with Crippen molar-refractivity contribution in [3.05, 3.63) is 28.3 Å². The summed E-state index contributed by atoms with van der Waals surface area (Å²) in [5, 5.41) is 17.3. The molecule has 1 aliphatic rings. The number of hydrogen-bond donors (Lipinski definition) is 3. The van der Waals surface area contributed by atoms with Gasteiger partial charge in [-0.1, -0.05) is 11.6 Å². The summed E-state index contributed by atoms with van der Waals surface area (Å²) >= 11 is 6.26. The third-order valence-corrected chi connectivity index (χ3v) is 3.85. The maximum atomic E-state index is 10.2. The van der Waals surface area contributed by atoms with E-state index in [4.69, 9.17) is 17.3 Å². The number of aromatic hydroxyl groups is 1. The maximum absolute atomic E-state index is 10.2. The van der Waals surface area contributed by atoms with Crippen LogP contribution in [-0.2, 0) is 12.8 Å². The number of anilines is 1. The third-order valence-electron chi connectivity index (χ3n) is 3.44. The quantitative estimate of drug-likeness (QED) is 0.741. The molecule has 1 aromatic heterocycles. The standard InChI is InChI=1S/C13H14ClN3O/c14-12-8-4-2-1-3-7(8)5-9(13(12)18)10-6-11(15)17-16-10/h5-6,18H,1-4H2,(H3,15,16,17). The molecule has 0 saturated heterocycles. The van der Waals surface area contributed by atoms with Crippen molar-refractivity contribution in [3.63, 3.8) is 0 Å². The molecule has 0 amide bonds. The van der Waals surface area contributed by atoms with Gasteiger partial charge in [0.15, 0.2) is 0 Å². The topological polar surface area (TPSA) is 74.9 Å². The Bertz CT molecular complexity index is 607. The fourth-order valence-electron chi connectivity index (χ4n) is 2.52. The van der Waals surface area contributed by atoms with E-state index in [9.17, 15) is 5.11 Å². The van der Waals surface area contributed by atoms with Gasteiger partial charge in [-0.2, -0.15) is 5.10 Å². The molecule has 1 aliphatic carbocycles. The molecular formula is C13H14ClN3O. The maximum Gasteiger partial charge on any atom is 0.145 e. The summed E-state index contributed by atoms with van der Waals surface area (Å²) in [4.78, 5) is 0. The van der Waals surface area contributed by atoms with Crippen LogP contribution in [0.5, 0.6) is 5.75 Å². The molecule has 0 radical (unpaired) electrons. The Morgan fingerprint density at radius 1 is 1.28 bits per heavy atom. The summed E-state index contributed by atoms with van der Waals surface area (Å²) in [6, 6.07) is 3.68. The van der Waals surface area contributed by atoms with E-state index in [1.807, 2.05) is 6.07 Å². The van der Waals surface area contributed by atoms with Crippen LogP contribution >= 0.6 is 11.6 Å².